The lowest BCUT2D eigenvalue weighted by Gasteiger charge is -2.21. The first kappa shape index (κ1) is 24.0. The van der Waals surface area contributed by atoms with Crippen LogP contribution in [0.15, 0.2) is 18.2 Å². The van der Waals surface area contributed by atoms with Gasteiger partial charge in [0.2, 0.25) is 11.8 Å². The van der Waals surface area contributed by atoms with Crippen LogP contribution in [0.3, 0.4) is 0 Å². The molecule has 1 aromatic carbocycles. The van der Waals surface area contributed by atoms with Gasteiger partial charge in [-0.2, -0.15) is 0 Å². The zero-order valence-electron chi connectivity index (χ0n) is 18.6. The van der Waals surface area contributed by atoms with Gasteiger partial charge in [-0.15, -0.1) is 0 Å². The van der Waals surface area contributed by atoms with Crippen LogP contribution in [-0.4, -0.2) is 39.1 Å². The Balaban J connectivity index is 1.50. The van der Waals surface area contributed by atoms with Gasteiger partial charge in [0.05, 0.1) is 14.2 Å². The number of rotatable bonds is 13. The third-order valence-electron chi connectivity index (χ3n) is 5.84. The first-order valence-electron chi connectivity index (χ1n) is 11.4. The highest BCUT2D eigenvalue weighted by molar-refractivity contribution is 5.77. The molecule has 0 spiro atoms. The second kappa shape index (κ2) is 13.9. The average Bonchev–Trinajstić information content (AvgIpc) is 2.77. The van der Waals surface area contributed by atoms with Crippen molar-refractivity contribution in [1.29, 1.82) is 0 Å². The van der Waals surface area contributed by atoms with Crippen LogP contribution in [-0.2, 0) is 16.0 Å². The molecular formula is C24H38N2O4. The minimum atomic E-state index is 0.0354. The summed E-state index contributed by atoms with van der Waals surface area (Å²) in [5.41, 5.74) is 1.08. The molecule has 1 aromatic rings. The van der Waals surface area contributed by atoms with E-state index in [1.165, 1.54) is 32.1 Å². The minimum Gasteiger partial charge on any atom is -0.493 e. The summed E-state index contributed by atoms with van der Waals surface area (Å²) in [6, 6.07) is 5.77. The number of nitrogens with one attached hydrogen (secondary N) is 2. The fraction of sp³-hybridized carbons (Fsp3) is 0.667. The molecule has 0 unspecified atom stereocenters. The van der Waals surface area contributed by atoms with Crippen molar-refractivity contribution in [3.8, 4) is 11.5 Å². The lowest BCUT2D eigenvalue weighted by molar-refractivity contribution is -0.123. The molecule has 0 bridgehead atoms. The van der Waals surface area contributed by atoms with Gasteiger partial charge in [0.25, 0.3) is 0 Å². The number of hydrogen-bond acceptors (Lipinski definition) is 4. The lowest BCUT2D eigenvalue weighted by atomic mass is 9.87. The van der Waals surface area contributed by atoms with Gasteiger partial charge in [-0.1, -0.05) is 38.2 Å². The monoisotopic (exact) mass is 418 g/mol. The Hall–Kier alpha value is -2.24. The van der Waals surface area contributed by atoms with E-state index in [1.54, 1.807) is 14.2 Å². The van der Waals surface area contributed by atoms with E-state index < -0.39 is 0 Å². The van der Waals surface area contributed by atoms with Crippen molar-refractivity contribution in [3.63, 3.8) is 0 Å². The maximum atomic E-state index is 12.0. The predicted molar refractivity (Wildman–Crippen MR) is 119 cm³/mol. The molecule has 1 aliphatic carbocycles. The van der Waals surface area contributed by atoms with E-state index in [2.05, 4.69) is 10.6 Å². The van der Waals surface area contributed by atoms with Crippen molar-refractivity contribution < 1.29 is 19.1 Å². The highest BCUT2D eigenvalue weighted by Crippen LogP contribution is 2.27. The molecule has 168 valence electrons. The summed E-state index contributed by atoms with van der Waals surface area (Å²) in [7, 11) is 3.22. The molecule has 1 fully saturated rings. The first-order chi connectivity index (χ1) is 14.6. The second-order valence-corrected chi connectivity index (χ2v) is 8.14. The van der Waals surface area contributed by atoms with E-state index in [1.807, 2.05) is 18.2 Å². The summed E-state index contributed by atoms with van der Waals surface area (Å²) in [6.07, 6.45) is 11.0. The molecule has 0 aliphatic heterocycles. The molecular weight excluding hydrogens is 380 g/mol. The molecule has 0 atom stereocenters. The SMILES string of the molecule is COc1ccc(CCNC(=O)CCCCC(=O)NCCC2CCCCC2)cc1OC. The van der Waals surface area contributed by atoms with Crippen molar-refractivity contribution in [3.05, 3.63) is 23.8 Å². The van der Waals surface area contributed by atoms with Crippen LogP contribution < -0.4 is 20.1 Å². The van der Waals surface area contributed by atoms with Crippen LogP contribution in [0, 0.1) is 5.92 Å². The van der Waals surface area contributed by atoms with Crippen molar-refractivity contribution in [1.82, 2.24) is 10.6 Å². The third-order valence-corrected chi connectivity index (χ3v) is 5.84. The van der Waals surface area contributed by atoms with E-state index in [4.69, 9.17) is 9.47 Å². The molecule has 0 aromatic heterocycles. The maximum Gasteiger partial charge on any atom is 0.220 e. The summed E-state index contributed by atoms with van der Waals surface area (Å²) >= 11 is 0. The van der Waals surface area contributed by atoms with Crippen LogP contribution in [0.4, 0.5) is 0 Å². The number of amides is 2. The van der Waals surface area contributed by atoms with Gasteiger partial charge in [-0.05, 0) is 49.3 Å². The Kier molecular flexibility index (Phi) is 11.1. The molecule has 1 saturated carbocycles. The average molecular weight is 419 g/mol. The smallest absolute Gasteiger partial charge is 0.220 e. The summed E-state index contributed by atoms with van der Waals surface area (Å²) in [4.78, 5) is 23.9. The number of methoxy groups -OCH3 is 2. The highest BCUT2D eigenvalue weighted by atomic mass is 16.5. The molecule has 2 amide bonds. The van der Waals surface area contributed by atoms with Crippen molar-refractivity contribution in [2.24, 2.45) is 5.92 Å². The summed E-state index contributed by atoms with van der Waals surface area (Å²) in [6.45, 7) is 1.37. The van der Waals surface area contributed by atoms with Crippen molar-refractivity contribution in [2.75, 3.05) is 27.3 Å². The number of ether oxygens (including phenoxy) is 2. The van der Waals surface area contributed by atoms with Gasteiger partial charge >= 0.3 is 0 Å². The van der Waals surface area contributed by atoms with Gasteiger partial charge in [-0.25, -0.2) is 0 Å². The molecule has 1 aliphatic rings. The van der Waals surface area contributed by atoms with Gasteiger partial charge in [-0.3, -0.25) is 9.59 Å². The quantitative estimate of drug-likeness (QED) is 0.475. The second-order valence-electron chi connectivity index (χ2n) is 8.14. The van der Waals surface area contributed by atoms with Crippen LogP contribution in [0.2, 0.25) is 0 Å². The normalized spacial score (nSPS) is 14.2. The predicted octanol–water partition coefficient (Wildman–Crippen LogP) is 4.01. The van der Waals surface area contributed by atoms with Gasteiger partial charge in [0, 0.05) is 25.9 Å². The molecule has 2 rings (SSSR count). The maximum absolute atomic E-state index is 12.0. The molecule has 6 nitrogen and oxygen atoms in total. The molecule has 0 saturated heterocycles. The summed E-state index contributed by atoms with van der Waals surface area (Å²) in [5, 5.41) is 5.97. The number of carbonyl (C=O) groups excluding carboxylic acids is 2. The first-order valence-corrected chi connectivity index (χ1v) is 11.4. The van der Waals surface area contributed by atoms with Crippen LogP contribution in [0.5, 0.6) is 11.5 Å². The minimum absolute atomic E-state index is 0.0354. The summed E-state index contributed by atoms with van der Waals surface area (Å²) in [5.74, 6) is 2.33. The number of carbonyl (C=O) groups is 2. The van der Waals surface area contributed by atoms with Crippen LogP contribution >= 0.6 is 0 Å². The Bertz CT molecular complexity index is 657. The molecule has 30 heavy (non-hydrogen) atoms. The van der Waals surface area contributed by atoms with Crippen LogP contribution in [0.25, 0.3) is 0 Å². The molecule has 2 N–H and O–H groups in total. The Labute approximate surface area is 181 Å². The van der Waals surface area contributed by atoms with E-state index in [0.717, 1.165) is 43.7 Å². The largest absolute Gasteiger partial charge is 0.493 e. The third kappa shape index (κ3) is 9.06. The lowest BCUT2D eigenvalue weighted by Crippen LogP contribution is -2.27. The van der Waals surface area contributed by atoms with Crippen molar-refractivity contribution in [2.45, 2.75) is 70.6 Å². The van der Waals surface area contributed by atoms with E-state index in [0.29, 0.717) is 30.9 Å². The Morgan fingerprint density at radius 3 is 2.17 bits per heavy atom. The molecule has 6 heteroatoms. The van der Waals surface area contributed by atoms with E-state index >= 15 is 0 Å². The highest BCUT2D eigenvalue weighted by Gasteiger charge is 2.13. The standard InChI is InChI=1S/C24H38N2O4/c1-29-21-13-12-20(18-22(21)30-2)15-17-26-24(28)11-7-6-10-23(27)25-16-14-19-8-4-3-5-9-19/h12-13,18-19H,3-11,14-17H2,1-2H3,(H,25,27)(H,26,28). The number of unbranched alkanes of at least 4 members (excludes halogenated alkanes) is 1. The zero-order chi connectivity index (χ0) is 21.6. The number of benzene rings is 1. The zero-order valence-corrected chi connectivity index (χ0v) is 18.6. The van der Waals surface area contributed by atoms with Gasteiger partial charge < -0.3 is 20.1 Å². The van der Waals surface area contributed by atoms with Crippen molar-refractivity contribution >= 4 is 11.8 Å². The fourth-order valence-electron chi connectivity index (χ4n) is 4.02. The van der Waals surface area contributed by atoms with Crippen LogP contribution in [0.1, 0.15) is 69.8 Å². The molecule has 0 radical (unpaired) electrons. The Morgan fingerprint density at radius 1 is 0.900 bits per heavy atom. The topological polar surface area (TPSA) is 76.7 Å². The fourth-order valence-corrected chi connectivity index (χ4v) is 4.02. The number of hydrogen-bond donors (Lipinski definition) is 2. The van der Waals surface area contributed by atoms with E-state index in [9.17, 15) is 9.59 Å². The molecule has 0 heterocycles. The van der Waals surface area contributed by atoms with Gasteiger partial charge in [0.15, 0.2) is 11.5 Å². The Morgan fingerprint density at radius 2 is 1.53 bits per heavy atom. The van der Waals surface area contributed by atoms with Gasteiger partial charge in [0.1, 0.15) is 0 Å². The van der Waals surface area contributed by atoms with E-state index in [-0.39, 0.29) is 11.8 Å². The summed E-state index contributed by atoms with van der Waals surface area (Å²) < 4.78 is 10.5.